The first-order valence-electron chi connectivity index (χ1n) is 16.9. The van der Waals surface area contributed by atoms with Crippen LogP contribution in [0.5, 0.6) is 0 Å². The fourth-order valence-corrected chi connectivity index (χ4v) is 7.55. The molecule has 0 heterocycles. The van der Waals surface area contributed by atoms with Crippen LogP contribution >= 0.6 is 0 Å². The molecular formula is C45H33N. The van der Waals surface area contributed by atoms with Crippen LogP contribution < -0.4 is 4.90 Å². The Hall–Kier alpha value is -5.66. The highest BCUT2D eigenvalue weighted by Gasteiger charge is 2.34. The van der Waals surface area contributed by atoms with Crippen molar-refractivity contribution >= 4 is 61.5 Å². The lowest BCUT2D eigenvalue weighted by Crippen LogP contribution is -2.14. The standard InChI is InChI=1S/C45H33N/c1-45(2)40-17-7-6-15-37(40)38-27-22-31(28-41(38)45)19-18-30-20-25-36(26-21-30)46(35-13-4-3-5-14-35)42-29-34-12-8-10-32-23-24-33-11-9-16-39(42)44(33)43(32)34/h3-29H,1-2H3/b19-18+/i18D,19D. The Balaban J connectivity index is 1.15. The van der Waals surface area contributed by atoms with Gasteiger partial charge < -0.3 is 4.90 Å². The summed E-state index contributed by atoms with van der Waals surface area (Å²) in [5.74, 6) is 0. The number of benzene rings is 8. The zero-order valence-corrected chi connectivity index (χ0v) is 25.9. The largest absolute Gasteiger partial charge is 0.310 e. The van der Waals surface area contributed by atoms with Gasteiger partial charge in [0, 0.05) is 22.2 Å². The van der Waals surface area contributed by atoms with Crippen molar-refractivity contribution in [1.82, 2.24) is 0 Å². The van der Waals surface area contributed by atoms with E-state index >= 15 is 0 Å². The SMILES string of the molecule is [2H]/C(=C(/[2H])c1ccc2c(c1)C(C)(C)c1ccccc1-2)c1ccc(N(c2ccccc2)c2cc3cccc4ccc5cccc2c5c43)cc1. The van der Waals surface area contributed by atoms with E-state index in [4.69, 9.17) is 2.74 Å². The molecule has 0 aliphatic heterocycles. The van der Waals surface area contributed by atoms with Crippen LogP contribution in [0.15, 0.2) is 152 Å². The summed E-state index contributed by atoms with van der Waals surface area (Å²) in [5.41, 5.74) is 9.48. The van der Waals surface area contributed by atoms with Gasteiger partial charge in [-0.2, -0.15) is 0 Å². The second kappa shape index (κ2) is 10.2. The van der Waals surface area contributed by atoms with Gasteiger partial charge in [-0.25, -0.2) is 0 Å². The van der Waals surface area contributed by atoms with Crippen molar-refractivity contribution in [3.8, 4) is 11.1 Å². The Bertz CT molecular complexity index is 2540. The third-order valence-corrected chi connectivity index (χ3v) is 9.80. The monoisotopic (exact) mass is 589 g/mol. The van der Waals surface area contributed by atoms with Gasteiger partial charge in [0.1, 0.15) is 0 Å². The maximum absolute atomic E-state index is 9.11. The van der Waals surface area contributed by atoms with Crippen LogP contribution in [0.1, 0.15) is 38.8 Å². The summed E-state index contributed by atoms with van der Waals surface area (Å²) in [6, 6.07) is 53.6. The number of rotatable bonds is 5. The van der Waals surface area contributed by atoms with Gasteiger partial charge in [-0.1, -0.05) is 147 Å². The van der Waals surface area contributed by atoms with Crippen LogP contribution in [0, 0.1) is 0 Å². The van der Waals surface area contributed by atoms with E-state index in [2.05, 4.69) is 146 Å². The second-order valence-corrected chi connectivity index (χ2v) is 12.8. The van der Waals surface area contributed by atoms with Gasteiger partial charge in [-0.15, -0.1) is 0 Å². The molecule has 0 fully saturated rings. The lowest BCUT2D eigenvalue weighted by atomic mass is 9.82. The molecule has 0 atom stereocenters. The highest BCUT2D eigenvalue weighted by Crippen LogP contribution is 2.49. The highest BCUT2D eigenvalue weighted by molar-refractivity contribution is 6.26. The second-order valence-electron chi connectivity index (χ2n) is 12.8. The molecule has 0 spiro atoms. The number of hydrogen-bond acceptors (Lipinski definition) is 1. The number of nitrogens with zero attached hydrogens (tertiary/aromatic N) is 1. The first-order chi connectivity index (χ1) is 23.4. The number of para-hydroxylation sites is 1. The molecule has 8 aromatic carbocycles. The molecule has 46 heavy (non-hydrogen) atoms. The molecule has 0 amide bonds. The fourth-order valence-electron chi connectivity index (χ4n) is 7.55. The van der Waals surface area contributed by atoms with E-state index in [-0.39, 0.29) is 17.5 Å². The van der Waals surface area contributed by atoms with Gasteiger partial charge >= 0.3 is 0 Å². The first-order valence-corrected chi connectivity index (χ1v) is 15.9. The molecule has 0 unspecified atom stereocenters. The Morgan fingerprint density at radius 3 is 1.96 bits per heavy atom. The molecule has 218 valence electrons. The lowest BCUT2D eigenvalue weighted by Gasteiger charge is -2.28. The van der Waals surface area contributed by atoms with E-state index in [1.165, 1.54) is 54.6 Å². The van der Waals surface area contributed by atoms with Crippen molar-refractivity contribution in [1.29, 1.82) is 0 Å². The molecule has 0 saturated heterocycles. The van der Waals surface area contributed by atoms with E-state index < -0.39 is 0 Å². The van der Waals surface area contributed by atoms with Crippen LogP contribution in [0.25, 0.3) is 55.5 Å². The lowest BCUT2D eigenvalue weighted by molar-refractivity contribution is 0.660. The Morgan fingerprint density at radius 2 is 1.13 bits per heavy atom. The molecule has 0 aromatic heterocycles. The minimum atomic E-state index is -0.156. The topological polar surface area (TPSA) is 3.24 Å². The summed E-state index contributed by atoms with van der Waals surface area (Å²) >= 11 is 0. The van der Waals surface area contributed by atoms with Gasteiger partial charge in [0.15, 0.2) is 0 Å². The summed E-state index contributed by atoms with van der Waals surface area (Å²) in [6.45, 7) is 4.49. The zero-order chi connectivity index (χ0) is 32.6. The van der Waals surface area contributed by atoms with Crippen LogP contribution in [0.2, 0.25) is 0 Å². The summed E-state index contributed by atoms with van der Waals surface area (Å²) < 4.78 is 18.2. The van der Waals surface area contributed by atoms with E-state index in [1.54, 1.807) is 0 Å². The molecule has 0 N–H and O–H groups in total. The van der Waals surface area contributed by atoms with Crippen molar-refractivity contribution < 1.29 is 2.74 Å². The number of fused-ring (bicyclic) bond motifs is 3. The maximum atomic E-state index is 9.11. The molecule has 8 aromatic rings. The predicted octanol–water partition coefficient (Wildman–Crippen LogP) is 12.5. The normalized spacial score (nSPS) is 14.6. The van der Waals surface area contributed by atoms with Gasteiger partial charge in [0.2, 0.25) is 0 Å². The van der Waals surface area contributed by atoms with E-state index in [0.717, 1.165) is 28.2 Å². The quantitative estimate of drug-likeness (QED) is 0.143. The van der Waals surface area contributed by atoms with Crippen LogP contribution in [0.3, 0.4) is 0 Å². The third kappa shape index (κ3) is 4.09. The van der Waals surface area contributed by atoms with Gasteiger partial charge in [0.05, 0.1) is 8.43 Å². The summed E-state index contributed by atoms with van der Waals surface area (Å²) in [6.07, 6.45) is 0. The molecule has 1 aliphatic carbocycles. The van der Waals surface area contributed by atoms with Crippen molar-refractivity contribution in [3.05, 3.63) is 174 Å². The molecule has 1 aliphatic rings. The molecule has 0 bridgehead atoms. The summed E-state index contributed by atoms with van der Waals surface area (Å²) in [7, 11) is 0. The molecular weight excluding hydrogens is 555 g/mol. The minimum absolute atomic E-state index is 0.156. The Morgan fingerprint density at radius 1 is 0.500 bits per heavy atom. The first kappa shape index (κ1) is 24.6. The molecule has 1 heteroatoms. The number of hydrogen-bond donors (Lipinski definition) is 0. The molecule has 0 saturated carbocycles. The average molecular weight is 590 g/mol. The van der Waals surface area contributed by atoms with E-state index in [0.29, 0.717) is 0 Å². The fraction of sp³-hybridized carbons (Fsp3) is 0.0667. The predicted molar refractivity (Wildman–Crippen MR) is 198 cm³/mol. The Labute approximate surface area is 272 Å². The van der Waals surface area contributed by atoms with Gasteiger partial charge in [0.25, 0.3) is 0 Å². The minimum Gasteiger partial charge on any atom is -0.310 e. The van der Waals surface area contributed by atoms with Crippen molar-refractivity contribution in [2.24, 2.45) is 0 Å². The summed E-state index contributed by atoms with van der Waals surface area (Å²) in [5, 5.41) is 7.45. The van der Waals surface area contributed by atoms with Crippen LogP contribution in [-0.2, 0) is 5.41 Å². The van der Waals surface area contributed by atoms with Gasteiger partial charge in [-0.05, 0) is 90.6 Å². The van der Waals surface area contributed by atoms with Crippen molar-refractivity contribution in [2.45, 2.75) is 19.3 Å². The summed E-state index contributed by atoms with van der Waals surface area (Å²) in [4.78, 5) is 2.31. The van der Waals surface area contributed by atoms with Crippen LogP contribution in [0.4, 0.5) is 17.1 Å². The molecule has 0 radical (unpaired) electrons. The highest BCUT2D eigenvalue weighted by atomic mass is 15.1. The van der Waals surface area contributed by atoms with Crippen molar-refractivity contribution in [3.63, 3.8) is 0 Å². The van der Waals surface area contributed by atoms with Gasteiger partial charge in [-0.3, -0.25) is 0 Å². The van der Waals surface area contributed by atoms with Crippen molar-refractivity contribution in [2.75, 3.05) is 4.90 Å². The van der Waals surface area contributed by atoms with Crippen LogP contribution in [-0.4, -0.2) is 0 Å². The average Bonchev–Trinajstić information content (AvgIpc) is 3.36. The smallest absolute Gasteiger partial charge is 0.0629 e. The van der Waals surface area contributed by atoms with E-state index in [9.17, 15) is 0 Å². The zero-order valence-electron chi connectivity index (χ0n) is 27.9. The van der Waals surface area contributed by atoms with E-state index in [1.807, 2.05) is 24.3 Å². The number of anilines is 3. The molecule has 9 rings (SSSR count). The maximum Gasteiger partial charge on any atom is 0.0629 e. The Kier molecular flexibility index (Phi) is 5.46. The molecule has 1 nitrogen and oxygen atoms in total. The third-order valence-electron chi connectivity index (χ3n) is 9.80.